The zero-order chi connectivity index (χ0) is 10.7. The van der Waals surface area contributed by atoms with Crippen LogP contribution in [0.3, 0.4) is 0 Å². The highest BCUT2D eigenvalue weighted by molar-refractivity contribution is 5.66. The van der Waals surface area contributed by atoms with E-state index in [-0.39, 0.29) is 6.04 Å². The molecule has 76 valence electrons. The van der Waals surface area contributed by atoms with Crippen molar-refractivity contribution in [2.24, 2.45) is 5.73 Å². The fraction of sp³-hybridized carbons (Fsp3) is 0.154. The van der Waals surface area contributed by atoms with Crippen LogP contribution in [-0.4, -0.2) is 4.98 Å². The minimum absolute atomic E-state index is 0.0430. The molecule has 1 aromatic carbocycles. The summed E-state index contributed by atoms with van der Waals surface area (Å²) in [6.07, 6.45) is 3.64. The molecular formula is C13H14N2. The zero-order valence-corrected chi connectivity index (χ0v) is 8.72. The molecule has 1 aromatic heterocycles. The van der Waals surface area contributed by atoms with Gasteiger partial charge in [0.05, 0.1) is 0 Å². The van der Waals surface area contributed by atoms with Gasteiger partial charge in [-0.3, -0.25) is 4.98 Å². The highest BCUT2D eigenvalue weighted by Crippen LogP contribution is 2.26. The van der Waals surface area contributed by atoms with Crippen LogP contribution in [0.15, 0.2) is 48.8 Å². The lowest BCUT2D eigenvalue weighted by molar-refractivity contribution is 0.820. The number of nitrogens with zero attached hydrogens (tertiary/aromatic N) is 1. The van der Waals surface area contributed by atoms with E-state index < -0.39 is 0 Å². The van der Waals surface area contributed by atoms with Gasteiger partial charge in [-0.05, 0) is 24.1 Å². The van der Waals surface area contributed by atoms with E-state index in [1.54, 1.807) is 6.20 Å². The van der Waals surface area contributed by atoms with Gasteiger partial charge in [-0.2, -0.15) is 0 Å². The van der Waals surface area contributed by atoms with Crippen LogP contribution in [0.4, 0.5) is 0 Å². The average molecular weight is 198 g/mol. The molecule has 1 unspecified atom stereocenters. The monoisotopic (exact) mass is 198 g/mol. The maximum absolute atomic E-state index is 5.93. The van der Waals surface area contributed by atoms with Crippen LogP contribution in [0, 0.1) is 0 Å². The largest absolute Gasteiger partial charge is 0.324 e. The summed E-state index contributed by atoms with van der Waals surface area (Å²) in [7, 11) is 0. The van der Waals surface area contributed by atoms with Gasteiger partial charge < -0.3 is 5.73 Å². The molecule has 0 saturated carbocycles. The number of nitrogens with two attached hydrogens (primary N) is 1. The van der Waals surface area contributed by atoms with Crippen molar-refractivity contribution in [1.29, 1.82) is 0 Å². The molecule has 0 aliphatic heterocycles. The zero-order valence-electron chi connectivity index (χ0n) is 8.72. The molecule has 1 atom stereocenters. The van der Waals surface area contributed by atoms with Crippen molar-refractivity contribution in [2.75, 3.05) is 0 Å². The van der Waals surface area contributed by atoms with Gasteiger partial charge in [0.15, 0.2) is 0 Å². The first-order chi connectivity index (χ1) is 7.29. The Morgan fingerprint density at radius 3 is 2.60 bits per heavy atom. The Labute approximate surface area is 89.8 Å². The van der Waals surface area contributed by atoms with Gasteiger partial charge in [-0.25, -0.2) is 0 Å². The molecule has 2 N–H and O–H groups in total. The Morgan fingerprint density at radius 1 is 1.13 bits per heavy atom. The van der Waals surface area contributed by atoms with Crippen LogP contribution in [-0.2, 0) is 0 Å². The molecule has 0 spiro atoms. The Morgan fingerprint density at radius 2 is 1.93 bits per heavy atom. The van der Waals surface area contributed by atoms with E-state index in [0.29, 0.717) is 0 Å². The smallest absolute Gasteiger partial charge is 0.0346 e. The Balaban J connectivity index is 2.53. The molecule has 1 heterocycles. The maximum atomic E-state index is 5.93. The SMILES string of the molecule is CC(N)c1ccccc1-c1cccnc1. The molecule has 0 aliphatic rings. The lowest BCUT2D eigenvalue weighted by atomic mass is 9.97. The fourth-order valence-electron chi connectivity index (χ4n) is 1.68. The van der Waals surface area contributed by atoms with E-state index in [2.05, 4.69) is 17.1 Å². The molecule has 2 aromatic rings. The number of rotatable bonds is 2. The van der Waals surface area contributed by atoms with Crippen molar-refractivity contribution in [1.82, 2.24) is 4.98 Å². The highest BCUT2D eigenvalue weighted by atomic mass is 14.6. The Kier molecular flexibility index (Phi) is 2.79. The van der Waals surface area contributed by atoms with Crippen LogP contribution < -0.4 is 5.73 Å². The van der Waals surface area contributed by atoms with E-state index in [0.717, 1.165) is 11.1 Å². The number of hydrogen-bond acceptors (Lipinski definition) is 2. The van der Waals surface area contributed by atoms with E-state index in [1.807, 2.05) is 37.4 Å². The second-order valence-electron chi connectivity index (χ2n) is 3.62. The summed E-state index contributed by atoms with van der Waals surface area (Å²) in [6.45, 7) is 2.00. The van der Waals surface area contributed by atoms with Crippen LogP contribution in [0.25, 0.3) is 11.1 Å². The quantitative estimate of drug-likeness (QED) is 0.805. The standard InChI is InChI=1S/C13H14N2/c1-10(14)12-6-2-3-7-13(12)11-5-4-8-15-9-11/h2-10H,14H2,1H3. The topological polar surface area (TPSA) is 38.9 Å². The molecule has 0 saturated heterocycles. The molecule has 0 aliphatic carbocycles. The summed E-state index contributed by atoms with van der Waals surface area (Å²) < 4.78 is 0. The second kappa shape index (κ2) is 4.24. The Bertz CT molecular complexity index is 435. The van der Waals surface area contributed by atoms with Crippen molar-refractivity contribution in [3.05, 3.63) is 54.4 Å². The number of aromatic nitrogens is 1. The molecule has 2 rings (SSSR count). The van der Waals surface area contributed by atoms with Crippen molar-refractivity contribution in [3.63, 3.8) is 0 Å². The third-order valence-electron chi connectivity index (χ3n) is 2.42. The summed E-state index contributed by atoms with van der Waals surface area (Å²) in [4.78, 5) is 4.12. The molecular weight excluding hydrogens is 184 g/mol. The van der Waals surface area contributed by atoms with Gasteiger partial charge in [0.25, 0.3) is 0 Å². The Hall–Kier alpha value is -1.67. The summed E-state index contributed by atoms with van der Waals surface area (Å²) in [5.41, 5.74) is 9.37. The second-order valence-corrected chi connectivity index (χ2v) is 3.62. The predicted molar refractivity (Wildman–Crippen MR) is 62.3 cm³/mol. The van der Waals surface area contributed by atoms with E-state index in [1.165, 1.54) is 5.56 Å². The third-order valence-corrected chi connectivity index (χ3v) is 2.42. The third kappa shape index (κ3) is 2.05. The van der Waals surface area contributed by atoms with Crippen LogP contribution in [0.1, 0.15) is 18.5 Å². The molecule has 0 fully saturated rings. The van der Waals surface area contributed by atoms with Gasteiger partial charge in [-0.15, -0.1) is 0 Å². The summed E-state index contributed by atoms with van der Waals surface area (Å²) in [5, 5.41) is 0. The number of hydrogen-bond donors (Lipinski definition) is 1. The van der Waals surface area contributed by atoms with Gasteiger partial charge >= 0.3 is 0 Å². The van der Waals surface area contributed by atoms with Gasteiger partial charge in [0.2, 0.25) is 0 Å². The first-order valence-corrected chi connectivity index (χ1v) is 5.04. The summed E-state index contributed by atoms with van der Waals surface area (Å²) in [6, 6.07) is 12.2. The van der Waals surface area contributed by atoms with Crippen molar-refractivity contribution in [3.8, 4) is 11.1 Å². The summed E-state index contributed by atoms with van der Waals surface area (Å²) in [5.74, 6) is 0. The molecule has 2 heteroatoms. The van der Waals surface area contributed by atoms with E-state index in [4.69, 9.17) is 5.73 Å². The highest BCUT2D eigenvalue weighted by Gasteiger charge is 2.07. The maximum Gasteiger partial charge on any atom is 0.0346 e. The van der Waals surface area contributed by atoms with Crippen LogP contribution in [0.5, 0.6) is 0 Å². The van der Waals surface area contributed by atoms with Gasteiger partial charge in [0, 0.05) is 24.0 Å². The molecule has 0 bridgehead atoms. The molecule has 0 amide bonds. The fourth-order valence-corrected chi connectivity index (χ4v) is 1.68. The number of benzene rings is 1. The minimum atomic E-state index is 0.0430. The van der Waals surface area contributed by atoms with Gasteiger partial charge in [0.1, 0.15) is 0 Å². The van der Waals surface area contributed by atoms with Crippen LogP contribution >= 0.6 is 0 Å². The van der Waals surface area contributed by atoms with Crippen LogP contribution in [0.2, 0.25) is 0 Å². The first kappa shape index (κ1) is 9.87. The lowest BCUT2D eigenvalue weighted by Crippen LogP contribution is -2.06. The van der Waals surface area contributed by atoms with E-state index >= 15 is 0 Å². The minimum Gasteiger partial charge on any atom is -0.324 e. The average Bonchev–Trinajstić information content (AvgIpc) is 2.30. The lowest BCUT2D eigenvalue weighted by Gasteiger charge is -2.12. The predicted octanol–water partition coefficient (Wildman–Crippen LogP) is 2.77. The van der Waals surface area contributed by atoms with E-state index in [9.17, 15) is 0 Å². The van der Waals surface area contributed by atoms with Crippen molar-refractivity contribution < 1.29 is 0 Å². The normalized spacial score (nSPS) is 12.4. The molecule has 0 radical (unpaired) electrons. The van der Waals surface area contributed by atoms with Crippen molar-refractivity contribution in [2.45, 2.75) is 13.0 Å². The summed E-state index contributed by atoms with van der Waals surface area (Å²) >= 11 is 0. The number of pyridine rings is 1. The van der Waals surface area contributed by atoms with Crippen molar-refractivity contribution >= 4 is 0 Å². The molecule has 2 nitrogen and oxygen atoms in total. The molecule has 15 heavy (non-hydrogen) atoms. The van der Waals surface area contributed by atoms with Gasteiger partial charge in [-0.1, -0.05) is 30.3 Å². The first-order valence-electron chi connectivity index (χ1n) is 5.04.